The summed E-state index contributed by atoms with van der Waals surface area (Å²) in [6, 6.07) is 15.6. The van der Waals surface area contributed by atoms with Gasteiger partial charge in [0.25, 0.3) is 0 Å². The Balaban J connectivity index is 1.97. The molecule has 0 aliphatic heterocycles. The molecule has 1 aromatic heterocycles. The van der Waals surface area contributed by atoms with Crippen LogP contribution in [0.4, 0.5) is 4.39 Å². The van der Waals surface area contributed by atoms with E-state index < -0.39 is 0 Å². The lowest BCUT2D eigenvalue weighted by atomic mass is 9.96. The van der Waals surface area contributed by atoms with Crippen LogP contribution in [0.2, 0.25) is 0 Å². The first-order valence-corrected chi connectivity index (χ1v) is 7.27. The molecule has 4 nitrogen and oxygen atoms in total. The van der Waals surface area contributed by atoms with Crippen molar-refractivity contribution in [1.82, 2.24) is 9.55 Å². The highest BCUT2D eigenvalue weighted by Crippen LogP contribution is 2.21. The summed E-state index contributed by atoms with van der Waals surface area (Å²) in [4.78, 5) is 4.08. The Morgan fingerprint density at radius 1 is 1.13 bits per heavy atom. The molecule has 0 aliphatic rings. The minimum Gasteiger partial charge on any atom is -0.411 e. The molecular formula is C18H16FN3O. The molecule has 0 fully saturated rings. The number of benzene rings is 2. The van der Waals surface area contributed by atoms with Crippen molar-refractivity contribution in [1.29, 1.82) is 0 Å². The summed E-state index contributed by atoms with van der Waals surface area (Å²) in [5.41, 5.74) is 2.31. The second kappa shape index (κ2) is 6.87. The maximum Gasteiger partial charge on any atom is 0.123 e. The van der Waals surface area contributed by atoms with Gasteiger partial charge in [0.05, 0.1) is 12.4 Å². The lowest BCUT2D eigenvalue weighted by Gasteiger charge is -2.20. The summed E-state index contributed by atoms with van der Waals surface area (Å²) >= 11 is 0. The van der Waals surface area contributed by atoms with E-state index in [0.717, 1.165) is 11.1 Å². The molecule has 5 heteroatoms. The smallest absolute Gasteiger partial charge is 0.123 e. The minimum absolute atomic E-state index is 0.240. The van der Waals surface area contributed by atoms with E-state index in [1.54, 1.807) is 24.7 Å². The molecule has 116 valence electrons. The molecule has 0 aliphatic carbocycles. The molecule has 3 aromatic rings. The van der Waals surface area contributed by atoms with Gasteiger partial charge in [0.15, 0.2) is 0 Å². The summed E-state index contributed by atoms with van der Waals surface area (Å²) in [7, 11) is 0. The van der Waals surface area contributed by atoms with E-state index in [1.807, 2.05) is 41.1 Å². The average Bonchev–Trinajstić information content (AvgIpc) is 3.12. The number of hydrogen-bond donors (Lipinski definition) is 1. The van der Waals surface area contributed by atoms with Gasteiger partial charge in [0.1, 0.15) is 11.5 Å². The number of halogens is 1. The molecule has 3 rings (SSSR count). The van der Waals surface area contributed by atoms with Crippen molar-refractivity contribution >= 4 is 5.71 Å². The Morgan fingerprint density at radius 3 is 2.48 bits per heavy atom. The van der Waals surface area contributed by atoms with E-state index in [-0.39, 0.29) is 11.9 Å². The molecular weight excluding hydrogens is 293 g/mol. The topological polar surface area (TPSA) is 50.4 Å². The Labute approximate surface area is 133 Å². The molecule has 1 atom stereocenters. The van der Waals surface area contributed by atoms with E-state index in [9.17, 15) is 9.60 Å². The Hall–Kier alpha value is -2.95. The van der Waals surface area contributed by atoms with E-state index in [2.05, 4.69) is 10.1 Å². The van der Waals surface area contributed by atoms with Crippen molar-refractivity contribution < 1.29 is 9.60 Å². The van der Waals surface area contributed by atoms with Crippen LogP contribution < -0.4 is 0 Å². The van der Waals surface area contributed by atoms with Crippen molar-refractivity contribution in [3.8, 4) is 0 Å². The van der Waals surface area contributed by atoms with E-state index in [4.69, 9.17) is 0 Å². The van der Waals surface area contributed by atoms with E-state index in [0.29, 0.717) is 12.1 Å². The highest BCUT2D eigenvalue weighted by molar-refractivity contribution is 6.03. The van der Waals surface area contributed by atoms with Crippen molar-refractivity contribution in [2.24, 2.45) is 5.16 Å². The van der Waals surface area contributed by atoms with Gasteiger partial charge < -0.3 is 9.77 Å². The predicted octanol–water partition coefficient (Wildman–Crippen LogP) is 3.68. The van der Waals surface area contributed by atoms with Crippen LogP contribution in [0, 0.1) is 5.82 Å². The molecule has 0 saturated carbocycles. The normalized spacial score (nSPS) is 13.0. The lowest BCUT2D eigenvalue weighted by Crippen LogP contribution is -2.22. The summed E-state index contributed by atoms with van der Waals surface area (Å²) in [6.45, 7) is 0. The van der Waals surface area contributed by atoms with Gasteiger partial charge in [-0.2, -0.15) is 0 Å². The monoisotopic (exact) mass is 309 g/mol. The summed E-state index contributed by atoms with van der Waals surface area (Å²) in [6.07, 6.45) is 5.74. The van der Waals surface area contributed by atoms with Gasteiger partial charge in [-0.15, -0.1) is 0 Å². The van der Waals surface area contributed by atoms with Crippen LogP contribution >= 0.6 is 0 Å². The Morgan fingerprint density at radius 2 is 1.87 bits per heavy atom. The second-order valence-corrected chi connectivity index (χ2v) is 5.21. The zero-order valence-electron chi connectivity index (χ0n) is 12.4. The number of rotatable bonds is 5. The third-order valence-corrected chi connectivity index (χ3v) is 3.72. The maximum absolute atomic E-state index is 13.1. The van der Waals surface area contributed by atoms with E-state index >= 15 is 0 Å². The largest absolute Gasteiger partial charge is 0.411 e. The number of aromatic nitrogens is 2. The summed E-state index contributed by atoms with van der Waals surface area (Å²) in [5, 5.41) is 13.1. The third kappa shape index (κ3) is 3.45. The number of oxime groups is 1. The number of nitrogens with zero attached hydrogens (tertiary/aromatic N) is 3. The fourth-order valence-corrected chi connectivity index (χ4v) is 2.57. The van der Waals surface area contributed by atoms with Crippen LogP contribution in [0.5, 0.6) is 0 Å². The van der Waals surface area contributed by atoms with Gasteiger partial charge in [-0.3, -0.25) is 0 Å². The third-order valence-electron chi connectivity index (χ3n) is 3.72. The predicted molar refractivity (Wildman–Crippen MR) is 86.1 cm³/mol. The first kappa shape index (κ1) is 15.0. The molecule has 0 amide bonds. The van der Waals surface area contributed by atoms with Crippen LogP contribution in [0.15, 0.2) is 78.5 Å². The van der Waals surface area contributed by atoms with Crippen molar-refractivity contribution in [3.63, 3.8) is 0 Å². The highest BCUT2D eigenvalue weighted by atomic mass is 19.1. The van der Waals surface area contributed by atoms with Gasteiger partial charge in [0.2, 0.25) is 0 Å². The average molecular weight is 309 g/mol. The Bertz CT molecular complexity index is 768. The molecule has 0 saturated heterocycles. The van der Waals surface area contributed by atoms with Crippen LogP contribution in [-0.4, -0.2) is 20.5 Å². The summed E-state index contributed by atoms with van der Waals surface area (Å²) < 4.78 is 15.0. The Kier molecular flexibility index (Phi) is 4.47. The minimum atomic E-state index is -0.271. The number of imidazole rings is 1. The van der Waals surface area contributed by atoms with Crippen LogP contribution in [0.25, 0.3) is 0 Å². The quantitative estimate of drug-likeness (QED) is 0.444. The van der Waals surface area contributed by atoms with Gasteiger partial charge >= 0.3 is 0 Å². The highest BCUT2D eigenvalue weighted by Gasteiger charge is 2.21. The summed E-state index contributed by atoms with van der Waals surface area (Å²) in [5.74, 6) is -0.271. The molecule has 0 spiro atoms. The van der Waals surface area contributed by atoms with Crippen LogP contribution in [0.3, 0.4) is 0 Å². The molecule has 2 aromatic carbocycles. The van der Waals surface area contributed by atoms with Crippen LogP contribution in [0.1, 0.15) is 17.2 Å². The molecule has 23 heavy (non-hydrogen) atoms. The zero-order chi connectivity index (χ0) is 16.1. The first-order valence-electron chi connectivity index (χ1n) is 7.27. The SMILES string of the molecule is O/N=C(\c1ccccc1)C(Cc1ccc(F)cc1)n1ccnc1. The zero-order valence-corrected chi connectivity index (χ0v) is 12.4. The lowest BCUT2D eigenvalue weighted by molar-refractivity contribution is 0.315. The molecule has 1 N–H and O–H groups in total. The van der Waals surface area contributed by atoms with Crippen molar-refractivity contribution in [2.45, 2.75) is 12.5 Å². The van der Waals surface area contributed by atoms with Gasteiger partial charge in [-0.1, -0.05) is 47.6 Å². The standard InChI is InChI=1S/C18H16FN3O/c19-16-8-6-14(7-9-16)12-17(22-11-10-20-13-22)18(21-23)15-4-2-1-3-5-15/h1-11,13,17,23H,12H2/b21-18+. The van der Waals surface area contributed by atoms with Gasteiger partial charge in [-0.05, 0) is 24.1 Å². The first-order chi connectivity index (χ1) is 11.3. The maximum atomic E-state index is 13.1. The van der Waals surface area contributed by atoms with E-state index in [1.165, 1.54) is 12.1 Å². The molecule has 1 unspecified atom stereocenters. The van der Waals surface area contributed by atoms with Gasteiger partial charge in [-0.25, -0.2) is 9.37 Å². The van der Waals surface area contributed by atoms with Gasteiger partial charge in [0, 0.05) is 18.0 Å². The molecule has 0 radical (unpaired) electrons. The van der Waals surface area contributed by atoms with Crippen molar-refractivity contribution in [2.75, 3.05) is 0 Å². The second-order valence-electron chi connectivity index (χ2n) is 5.21. The van der Waals surface area contributed by atoms with Crippen molar-refractivity contribution in [3.05, 3.63) is 90.3 Å². The fourth-order valence-electron chi connectivity index (χ4n) is 2.57. The van der Waals surface area contributed by atoms with Crippen LogP contribution in [-0.2, 0) is 6.42 Å². The fraction of sp³-hybridized carbons (Fsp3) is 0.111. The number of hydrogen-bond acceptors (Lipinski definition) is 3. The molecule has 1 heterocycles. The molecule has 0 bridgehead atoms.